The Labute approximate surface area is 111 Å². The van der Waals surface area contributed by atoms with E-state index in [4.69, 9.17) is 0 Å². The molecule has 0 radical (unpaired) electrons. The van der Waals surface area contributed by atoms with Gasteiger partial charge in [-0.3, -0.25) is 0 Å². The Morgan fingerprint density at radius 2 is 1.83 bits per heavy atom. The summed E-state index contributed by atoms with van der Waals surface area (Å²) in [6.45, 7) is 10.3. The van der Waals surface area contributed by atoms with E-state index >= 15 is 0 Å². The predicted octanol–water partition coefficient (Wildman–Crippen LogP) is 3.39. The van der Waals surface area contributed by atoms with E-state index in [-0.39, 0.29) is 5.54 Å². The highest BCUT2D eigenvalue weighted by molar-refractivity contribution is 5.52. The van der Waals surface area contributed by atoms with Crippen molar-refractivity contribution in [2.24, 2.45) is 0 Å². The smallest absolute Gasteiger partial charge is 0.0371 e. The van der Waals surface area contributed by atoms with E-state index in [1.807, 2.05) is 0 Å². The van der Waals surface area contributed by atoms with Crippen LogP contribution in [0.3, 0.4) is 0 Å². The van der Waals surface area contributed by atoms with Gasteiger partial charge in [0, 0.05) is 23.8 Å². The molecule has 2 nitrogen and oxygen atoms in total. The summed E-state index contributed by atoms with van der Waals surface area (Å²) in [7, 11) is 2.06. The molecule has 1 aliphatic rings. The maximum atomic E-state index is 3.41. The summed E-state index contributed by atoms with van der Waals surface area (Å²) >= 11 is 0. The van der Waals surface area contributed by atoms with Crippen LogP contribution >= 0.6 is 0 Å². The first-order valence-corrected chi connectivity index (χ1v) is 6.99. The highest BCUT2D eigenvalue weighted by Gasteiger charge is 2.37. The normalized spacial score (nSPS) is 22.8. The van der Waals surface area contributed by atoms with Gasteiger partial charge in [-0.15, -0.1) is 0 Å². The third kappa shape index (κ3) is 2.54. The summed E-state index contributed by atoms with van der Waals surface area (Å²) in [4.78, 5) is 2.53. The minimum atomic E-state index is 0.243. The molecule has 1 aliphatic heterocycles. The lowest BCUT2D eigenvalue weighted by Gasteiger charge is -2.33. The lowest BCUT2D eigenvalue weighted by molar-refractivity contribution is 0.487. The Morgan fingerprint density at radius 3 is 2.28 bits per heavy atom. The van der Waals surface area contributed by atoms with Crippen molar-refractivity contribution in [3.63, 3.8) is 0 Å². The largest absolute Gasteiger partial charge is 0.365 e. The summed E-state index contributed by atoms with van der Waals surface area (Å²) in [5.74, 6) is 0.607. The van der Waals surface area contributed by atoms with Gasteiger partial charge in [0.15, 0.2) is 0 Å². The fourth-order valence-corrected chi connectivity index (χ4v) is 2.93. The van der Waals surface area contributed by atoms with Gasteiger partial charge >= 0.3 is 0 Å². The van der Waals surface area contributed by atoms with Crippen LogP contribution in [0.15, 0.2) is 24.3 Å². The second kappa shape index (κ2) is 4.93. The van der Waals surface area contributed by atoms with Gasteiger partial charge in [0.2, 0.25) is 0 Å². The molecule has 1 unspecified atom stereocenters. The maximum absolute atomic E-state index is 3.41. The van der Waals surface area contributed by atoms with Crippen molar-refractivity contribution in [3.05, 3.63) is 29.8 Å². The fourth-order valence-electron chi connectivity index (χ4n) is 2.93. The van der Waals surface area contributed by atoms with Crippen LogP contribution in [0.1, 0.15) is 45.6 Å². The molecule has 0 amide bonds. The molecule has 0 aromatic heterocycles. The van der Waals surface area contributed by atoms with Gasteiger partial charge in [0.1, 0.15) is 0 Å². The summed E-state index contributed by atoms with van der Waals surface area (Å²) in [5.41, 5.74) is 3.01. The van der Waals surface area contributed by atoms with Crippen molar-refractivity contribution in [2.45, 2.75) is 51.6 Å². The first-order chi connectivity index (χ1) is 8.44. The summed E-state index contributed by atoms with van der Waals surface area (Å²) in [6, 6.07) is 9.68. The van der Waals surface area contributed by atoms with E-state index in [0.717, 1.165) is 6.54 Å². The third-order valence-corrected chi connectivity index (χ3v) is 4.16. The second-order valence-corrected chi connectivity index (χ2v) is 6.36. The van der Waals surface area contributed by atoms with Gasteiger partial charge in [-0.2, -0.15) is 0 Å². The standard InChI is InChI=1S/C16H26N2/c1-12(2)13-6-8-15(9-7-13)18-11-14(17-5)10-16(18,3)4/h6-9,12,14,17H,10-11H2,1-5H3. The number of hydrogen-bond donors (Lipinski definition) is 1. The Hall–Kier alpha value is -1.02. The molecule has 2 rings (SSSR count). The SMILES string of the molecule is CNC1CN(c2ccc(C(C)C)cc2)C(C)(C)C1. The van der Waals surface area contributed by atoms with Crippen molar-refractivity contribution in [2.75, 3.05) is 18.5 Å². The molecule has 0 saturated carbocycles. The van der Waals surface area contributed by atoms with Crippen molar-refractivity contribution in [3.8, 4) is 0 Å². The highest BCUT2D eigenvalue weighted by atomic mass is 15.2. The van der Waals surface area contributed by atoms with Crippen LogP contribution in [-0.2, 0) is 0 Å². The van der Waals surface area contributed by atoms with Gasteiger partial charge in [-0.25, -0.2) is 0 Å². The average molecular weight is 246 g/mol. The lowest BCUT2D eigenvalue weighted by Crippen LogP contribution is -2.38. The molecule has 0 aliphatic carbocycles. The quantitative estimate of drug-likeness (QED) is 0.879. The van der Waals surface area contributed by atoms with Crippen LogP contribution in [0.2, 0.25) is 0 Å². The van der Waals surface area contributed by atoms with Gasteiger partial charge in [-0.1, -0.05) is 26.0 Å². The molecule has 1 aromatic rings. The van der Waals surface area contributed by atoms with Crippen molar-refractivity contribution >= 4 is 5.69 Å². The Balaban J connectivity index is 2.21. The Kier molecular flexibility index (Phi) is 3.67. The van der Waals surface area contributed by atoms with E-state index in [1.54, 1.807) is 0 Å². The zero-order chi connectivity index (χ0) is 13.3. The Morgan fingerprint density at radius 1 is 1.22 bits per heavy atom. The molecule has 18 heavy (non-hydrogen) atoms. The van der Waals surface area contributed by atoms with Gasteiger partial charge in [0.05, 0.1) is 0 Å². The molecule has 100 valence electrons. The molecule has 0 spiro atoms. The molecule has 2 heteroatoms. The van der Waals surface area contributed by atoms with Crippen LogP contribution in [-0.4, -0.2) is 25.2 Å². The molecule has 1 N–H and O–H groups in total. The molecule has 1 heterocycles. The molecule has 0 bridgehead atoms. The first kappa shape index (κ1) is 13.4. The van der Waals surface area contributed by atoms with Crippen molar-refractivity contribution < 1.29 is 0 Å². The van der Waals surface area contributed by atoms with E-state index < -0.39 is 0 Å². The minimum Gasteiger partial charge on any atom is -0.365 e. The Bertz CT molecular complexity index is 392. The third-order valence-electron chi connectivity index (χ3n) is 4.16. The number of rotatable bonds is 3. The van der Waals surface area contributed by atoms with Crippen molar-refractivity contribution in [1.29, 1.82) is 0 Å². The predicted molar refractivity (Wildman–Crippen MR) is 79.4 cm³/mol. The molecule has 1 atom stereocenters. The number of likely N-dealkylation sites (N-methyl/N-ethyl adjacent to an activating group) is 1. The lowest BCUT2D eigenvalue weighted by atomic mass is 9.99. The minimum absolute atomic E-state index is 0.243. The van der Waals surface area contributed by atoms with Crippen LogP contribution in [0, 0.1) is 0 Å². The summed E-state index contributed by atoms with van der Waals surface area (Å²) in [5, 5.41) is 3.41. The number of nitrogens with one attached hydrogen (secondary N) is 1. The first-order valence-electron chi connectivity index (χ1n) is 6.99. The highest BCUT2D eigenvalue weighted by Crippen LogP contribution is 2.34. The van der Waals surface area contributed by atoms with Gasteiger partial charge < -0.3 is 10.2 Å². The molecule has 1 saturated heterocycles. The fraction of sp³-hybridized carbons (Fsp3) is 0.625. The molecular weight excluding hydrogens is 220 g/mol. The second-order valence-electron chi connectivity index (χ2n) is 6.36. The number of hydrogen-bond acceptors (Lipinski definition) is 2. The number of anilines is 1. The molecule has 1 aromatic carbocycles. The topological polar surface area (TPSA) is 15.3 Å². The van der Waals surface area contributed by atoms with Gasteiger partial charge in [-0.05, 0) is 50.9 Å². The zero-order valence-electron chi connectivity index (χ0n) is 12.3. The van der Waals surface area contributed by atoms with Crippen LogP contribution < -0.4 is 10.2 Å². The monoisotopic (exact) mass is 246 g/mol. The van der Waals surface area contributed by atoms with Crippen molar-refractivity contribution in [1.82, 2.24) is 5.32 Å². The maximum Gasteiger partial charge on any atom is 0.0371 e. The number of benzene rings is 1. The number of nitrogens with zero attached hydrogens (tertiary/aromatic N) is 1. The van der Waals surface area contributed by atoms with E-state index in [0.29, 0.717) is 12.0 Å². The molecule has 1 fully saturated rings. The average Bonchev–Trinajstić information content (AvgIpc) is 2.64. The summed E-state index contributed by atoms with van der Waals surface area (Å²) < 4.78 is 0. The van der Waals surface area contributed by atoms with E-state index in [9.17, 15) is 0 Å². The van der Waals surface area contributed by atoms with Gasteiger partial charge in [0.25, 0.3) is 0 Å². The van der Waals surface area contributed by atoms with E-state index in [2.05, 4.69) is 69.2 Å². The molecular formula is C16H26N2. The summed E-state index contributed by atoms with van der Waals surface area (Å²) in [6.07, 6.45) is 1.20. The zero-order valence-corrected chi connectivity index (χ0v) is 12.3. The van der Waals surface area contributed by atoms with E-state index in [1.165, 1.54) is 17.7 Å². The van der Waals surface area contributed by atoms with Crippen LogP contribution in [0.4, 0.5) is 5.69 Å². The van der Waals surface area contributed by atoms with Crippen LogP contribution in [0.5, 0.6) is 0 Å². The van der Waals surface area contributed by atoms with Crippen LogP contribution in [0.25, 0.3) is 0 Å².